The zero-order valence-electron chi connectivity index (χ0n) is 19.2. The highest BCUT2D eigenvalue weighted by atomic mass is 19.1. The second-order valence-corrected chi connectivity index (χ2v) is 9.73. The molecule has 1 saturated carbocycles. The topological polar surface area (TPSA) is 66.6 Å². The van der Waals surface area contributed by atoms with Crippen LogP contribution in [0.5, 0.6) is 0 Å². The van der Waals surface area contributed by atoms with Crippen molar-refractivity contribution in [3.05, 3.63) is 70.5 Å². The van der Waals surface area contributed by atoms with Crippen molar-refractivity contribution in [3.63, 3.8) is 0 Å². The molecule has 172 valence electrons. The number of aliphatic hydroxyl groups is 1. The molecule has 0 spiro atoms. The van der Waals surface area contributed by atoms with Crippen LogP contribution in [0.3, 0.4) is 0 Å². The fourth-order valence-electron chi connectivity index (χ4n) is 5.29. The molecule has 1 heterocycles. The lowest BCUT2D eigenvalue weighted by molar-refractivity contribution is 0.0283. The van der Waals surface area contributed by atoms with Crippen molar-refractivity contribution in [1.82, 2.24) is 4.90 Å². The molecule has 4 rings (SSSR count). The number of amides is 1. The first-order valence-corrected chi connectivity index (χ1v) is 12.0. The summed E-state index contributed by atoms with van der Waals surface area (Å²) >= 11 is 0. The molecule has 2 fully saturated rings. The van der Waals surface area contributed by atoms with Crippen LogP contribution in [-0.2, 0) is 11.0 Å². The molecule has 2 aliphatic rings. The number of halogens is 1. The summed E-state index contributed by atoms with van der Waals surface area (Å²) in [6, 6.07) is 12.7. The molecule has 0 radical (unpaired) electrons. The number of carbonyl (C=O) groups is 1. The second-order valence-electron chi connectivity index (χ2n) is 9.73. The van der Waals surface area contributed by atoms with Crippen molar-refractivity contribution >= 4 is 5.91 Å². The number of hydrogen-bond acceptors (Lipinski definition) is 3. The van der Waals surface area contributed by atoms with Gasteiger partial charge in [-0.25, -0.2) is 4.39 Å². The van der Waals surface area contributed by atoms with Crippen LogP contribution in [0, 0.1) is 11.7 Å². The summed E-state index contributed by atoms with van der Waals surface area (Å²) in [7, 11) is 0. The van der Waals surface area contributed by atoms with Gasteiger partial charge in [0.25, 0.3) is 0 Å². The average molecular weight is 439 g/mol. The monoisotopic (exact) mass is 438 g/mol. The predicted octanol–water partition coefficient (Wildman–Crippen LogP) is 4.72. The van der Waals surface area contributed by atoms with Gasteiger partial charge in [0, 0.05) is 17.5 Å². The van der Waals surface area contributed by atoms with Crippen LogP contribution in [0.2, 0.25) is 0 Å². The lowest BCUT2D eigenvalue weighted by Gasteiger charge is -2.43. The van der Waals surface area contributed by atoms with Gasteiger partial charge in [0.15, 0.2) is 0 Å². The first kappa shape index (κ1) is 22.9. The summed E-state index contributed by atoms with van der Waals surface area (Å²) < 4.78 is 14.5. The van der Waals surface area contributed by atoms with E-state index in [0.717, 1.165) is 55.1 Å². The van der Waals surface area contributed by atoms with E-state index in [2.05, 4.69) is 17.0 Å². The van der Waals surface area contributed by atoms with Gasteiger partial charge < -0.3 is 15.7 Å². The zero-order chi connectivity index (χ0) is 22.9. The summed E-state index contributed by atoms with van der Waals surface area (Å²) in [6.45, 7) is 7.01. The van der Waals surface area contributed by atoms with Gasteiger partial charge in [0.05, 0.1) is 5.60 Å². The molecule has 4 nitrogen and oxygen atoms in total. The van der Waals surface area contributed by atoms with Gasteiger partial charge in [-0.05, 0) is 92.4 Å². The van der Waals surface area contributed by atoms with E-state index in [0.29, 0.717) is 12.8 Å². The third-order valence-corrected chi connectivity index (χ3v) is 7.80. The highest BCUT2D eigenvalue weighted by Gasteiger charge is 2.40. The third-order valence-electron chi connectivity index (χ3n) is 7.80. The Bertz CT molecular complexity index is 956. The second kappa shape index (κ2) is 8.95. The maximum atomic E-state index is 14.5. The molecular weight excluding hydrogens is 403 g/mol. The standard InChI is InChI=1S/C27H35FN2O2/c1-3-27(32,4-2)22-9-7-21(8-10-22)26(11-13-30(14-12-26)18-19-5-6-19)23-15-20(25(29)31)16-24(28)17-23/h7-10,15-17,19,32H,3-6,11-14,18H2,1-2H3,(H2,29,31). The van der Waals surface area contributed by atoms with Gasteiger partial charge in [-0.2, -0.15) is 0 Å². The quantitative estimate of drug-likeness (QED) is 0.626. The molecule has 2 aromatic carbocycles. The van der Waals surface area contributed by atoms with Crippen molar-refractivity contribution in [2.45, 2.75) is 63.4 Å². The highest BCUT2D eigenvalue weighted by molar-refractivity contribution is 5.93. The van der Waals surface area contributed by atoms with Gasteiger partial charge in [0.2, 0.25) is 5.91 Å². The van der Waals surface area contributed by atoms with Crippen LogP contribution >= 0.6 is 0 Å². The summed E-state index contributed by atoms with van der Waals surface area (Å²) in [5.74, 6) is -0.212. The first-order valence-electron chi connectivity index (χ1n) is 12.0. The Hall–Kier alpha value is -2.24. The minimum atomic E-state index is -0.836. The number of nitrogens with zero attached hydrogens (tertiary/aromatic N) is 1. The van der Waals surface area contributed by atoms with Crippen molar-refractivity contribution < 1.29 is 14.3 Å². The smallest absolute Gasteiger partial charge is 0.248 e. The lowest BCUT2D eigenvalue weighted by Crippen LogP contribution is -2.44. The Kier molecular flexibility index (Phi) is 6.42. The lowest BCUT2D eigenvalue weighted by atomic mass is 9.67. The van der Waals surface area contributed by atoms with Crippen LogP contribution in [0.4, 0.5) is 4.39 Å². The highest BCUT2D eigenvalue weighted by Crippen LogP contribution is 2.44. The number of rotatable bonds is 8. The molecule has 3 N–H and O–H groups in total. The molecule has 0 aromatic heterocycles. The minimum absolute atomic E-state index is 0.211. The van der Waals surface area contributed by atoms with Crippen LogP contribution in [0.25, 0.3) is 0 Å². The molecule has 5 heteroatoms. The number of hydrogen-bond donors (Lipinski definition) is 2. The number of carbonyl (C=O) groups excluding carboxylic acids is 1. The fraction of sp³-hybridized carbons (Fsp3) is 0.519. The Labute approximate surface area is 190 Å². The van der Waals surface area contributed by atoms with Gasteiger partial charge in [-0.1, -0.05) is 38.1 Å². The molecule has 32 heavy (non-hydrogen) atoms. The predicted molar refractivity (Wildman–Crippen MR) is 125 cm³/mol. The number of piperidine rings is 1. The van der Waals surface area contributed by atoms with E-state index in [9.17, 15) is 14.3 Å². The Morgan fingerprint density at radius 1 is 1.09 bits per heavy atom. The number of primary amides is 1. The van der Waals surface area contributed by atoms with E-state index < -0.39 is 17.3 Å². The van der Waals surface area contributed by atoms with E-state index in [1.807, 2.05) is 26.0 Å². The van der Waals surface area contributed by atoms with Crippen molar-refractivity contribution in [2.75, 3.05) is 19.6 Å². The number of benzene rings is 2. The average Bonchev–Trinajstić information content (AvgIpc) is 3.63. The number of nitrogens with two attached hydrogens (primary N) is 1. The SMILES string of the molecule is CCC(O)(CC)c1ccc(C2(c3cc(F)cc(C(N)=O)c3)CCN(CC3CC3)CC2)cc1. The molecule has 1 aliphatic carbocycles. The van der Waals surface area contributed by atoms with E-state index >= 15 is 0 Å². The Morgan fingerprint density at radius 2 is 1.72 bits per heavy atom. The van der Waals surface area contributed by atoms with Crippen molar-refractivity contribution in [3.8, 4) is 0 Å². The van der Waals surface area contributed by atoms with Crippen LogP contribution in [-0.4, -0.2) is 35.5 Å². The summed E-state index contributed by atoms with van der Waals surface area (Å²) in [6.07, 6.45) is 5.66. The van der Waals surface area contributed by atoms with Gasteiger partial charge in [0.1, 0.15) is 5.82 Å². The van der Waals surface area contributed by atoms with Crippen LogP contribution < -0.4 is 5.73 Å². The van der Waals surface area contributed by atoms with Crippen molar-refractivity contribution in [2.24, 2.45) is 11.7 Å². The molecule has 0 bridgehead atoms. The van der Waals surface area contributed by atoms with Gasteiger partial charge in [-0.15, -0.1) is 0 Å². The molecule has 2 aromatic rings. The van der Waals surface area contributed by atoms with Crippen LogP contribution in [0.1, 0.15) is 79.4 Å². The van der Waals surface area contributed by atoms with E-state index in [1.165, 1.54) is 18.9 Å². The van der Waals surface area contributed by atoms with Crippen molar-refractivity contribution in [1.29, 1.82) is 0 Å². The third kappa shape index (κ3) is 4.46. The largest absolute Gasteiger partial charge is 0.385 e. The van der Waals surface area contributed by atoms with E-state index in [4.69, 9.17) is 5.73 Å². The van der Waals surface area contributed by atoms with Crippen LogP contribution in [0.15, 0.2) is 42.5 Å². The molecular formula is C27H35FN2O2. The normalized spacial score (nSPS) is 19.1. The first-order chi connectivity index (χ1) is 15.3. The molecule has 0 unspecified atom stereocenters. The minimum Gasteiger partial charge on any atom is -0.385 e. The Morgan fingerprint density at radius 3 is 2.25 bits per heavy atom. The summed E-state index contributed by atoms with van der Waals surface area (Å²) in [4.78, 5) is 14.4. The van der Waals surface area contributed by atoms with Gasteiger partial charge >= 0.3 is 0 Å². The van der Waals surface area contributed by atoms with Gasteiger partial charge in [-0.3, -0.25) is 4.79 Å². The summed E-state index contributed by atoms with van der Waals surface area (Å²) in [5, 5.41) is 10.9. The summed E-state index contributed by atoms with van der Waals surface area (Å²) in [5.41, 5.74) is 7.31. The zero-order valence-corrected chi connectivity index (χ0v) is 19.2. The maximum absolute atomic E-state index is 14.5. The fourth-order valence-corrected chi connectivity index (χ4v) is 5.29. The molecule has 1 aliphatic heterocycles. The maximum Gasteiger partial charge on any atom is 0.248 e. The number of likely N-dealkylation sites (tertiary alicyclic amines) is 1. The Balaban J connectivity index is 1.72. The van der Waals surface area contributed by atoms with E-state index in [1.54, 1.807) is 12.1 Å². The van der Waals surface area contributed by atoms with E-state index in [-0.39, 0.29) is 11.0 Å². The molecule has 1 saturated heterocycles. The molecule has 0 atom stereocenters. The molecule has 1 amide bonds.